The number of rotatable bonds is 7. The van der Waals surface area contributed by atoms with Crippen LogP contribution in [0.4, 0.5) is 0 Å². The van der Waals surface area contributed by atoms with Gasteiger partial charge in [-0.25, -0.2) is 13.1 Å². The van der Waals surface area contributed by atoms with Gasteiger partial charge in [0.2, 0.25) is 15.9 Å². The van der Waals surface area contributed by atoms with Crippen molar-refractivity contribution in [3.63, 3.8) is 0 Å². The monoisotopic (exact) mass is 443 g/mol. The molecule has 0 bridgehead atoms. The number of carbonyl (C=O) groups is 1. The molecule has 0 spiro atoms. The van der Waals surface area contributed by atoms with Crippen molar-refractivity contribution in [1.82, 2.24) is 14.9 Å². The Hall–Kier alpha value is -0.700. The Morgan fingerprint density at radius 3 is 2.50 bits per heavy atom. The van der Waals surface area contributed by atoms with Gasteiger partial charge in [-0.15, -0.1) is 0 Å². The number of aliphatic hydroxyl groups excluding tert-OH is 1. The molecule has 3 aliphatic rings. The molecule has 8 heteroatoms. The number of amides is 1. The molecular formula is C22H41N3O4S. The Balaban J connectivity index is 1.62. The van der Waals surface area contributed by atoms with Gasteiger partial charge in [0.15, 0.2) is 0 Å². The Bertz CT molecular complexity index is 709. The SMILES string of the molecule is C[C@H]1[C@@H]2[C@@H](O)C([C@H](C)C(=O)NCCN3CCCC3)CC[C@@]2(C)CC[C@@H]1NS(C)(=O)=O. The summed E-state index contributed by atoms with van der Waals surface area (Å²) in [5, 5.41) is 14.4. The van der Waals surface area contributed by atoms with Crippen LogP contribution < -0.4 is 10.0 Å². The van der Waals surface area contributed by atoms with Crippen LogP contribution in [0.25, 0.3) is 0 Å². The van der Waals surface area contributed by atoms with E-state index in [0.717, 1.165) is 45.3 Å². The molecule has 1 amide bonds. The lowest BCUT2D eigenvalue weighted by molar-refractivity contribution is -0.141. The molecule has 1 aliphatic heterocycles. The predicted octanol–water partition coefficient (Wildman–Crippen LogP) is 1.58. The molecule has 174 valence electrons. The van der Waals surface area contributed by atoms with Gasteiger partial charge in [0.25, 0.3) is 0 Å². The molecule has 0 aromatic heterocycles. The van der Waals surface area contributed by atoms with Crippen LogP contribution in [-0.2, 0) is 14.8 Å². The normalized spacial score (nSPS) is 38.8. The number of hydrogen-bond donors (Lipinski definition) is 3. The molecule has 1 heterocycles. The van der Waals surface area contributed by atoms with Crippen molar-refractivity contribution in [1.29, 1.82) is 0 Å². The molecule has 2 aliphatic carbocycles. The summed E-state index contributed by atoms with van der Waals surface area (Å²) in [6.45, 7) is 10.00. The van der Waals surface area contributed by atoms with Crippen LogP contribution in [0.1, 0.15) is 59.3 Å². The molecule has 7 nitrogen and oxygen atoms in total. The highest BCUT2D eigenvalue weighted by Gasteiger charge is 2.53. The average molecular weight is 444 g/mol. The van der Waals surface area contributed by atoms with E-state index in [0.29, 0.717) is 6.54 Å². The van der Waals surface area contributed by atoms with Crippen molar-refractivity contribution in [2.24, 2.45) is 29.1 Å². The van der Waals surface area contributed by atoms with Crippen molar-refractivity contribution < 1.29 is 18.3 Å². The zero-order valence-electron chi connectivity index (χ0n) is 19.1. The van der Waals surface area contributed by atoms with E-state index in [1.54, 1.807) is 0 Å². The van der Waals surface area contributed by atoms with Crippen molar-refractivity contribution >= 4 is 15.9 Å². The summed E-state index contributed by atoms with van der Waals surface area (Å²) in [6, 6.07) is -0.156. The van der Waals surface area contributed by atoms with Gasteiger partial charge < -0.3 is 15.3 Å². The Morgan fingerprint density at radius 1 is 1.23 bits per heavy atom. The fraction of sp³-hybridized carbons (Fsp3) is 0.955. The topological polar surface area (TPSA) is 98.7 Å². The lowest BCUT2D eigenvalue weighted by Gasteiger charge is -2.56. The summed E-state index contributed by atoms with van der Waals surface area (Å²) >= 11 is 0. The maximum Gasteiger partial charge on any atom is 0.223 e. The lowest BCUT2D eigenvalue weighted by Crippen LogP contribution is -2.58. The zero-order valence-corrected chi connectivity index (χ0v) is 19.9. The highest BCUT2D eigenvalue weighted by atomic mass is 32.2. The lowest BCUT2D eigenvalue weighted by atomic mass is 9.52. The second-order valence-corrected chi connectivity index (χ2v) is 12.2. The third kappa shape index (κ3) is 5.37. The standard InChI is InChI=1S/C22H41N3O4S/c1-15(21(27)23-11-14-25-12-5-6-13-25)17-7-9-22(3)10-8-18(24-30(4,28)29)16(2)19(22)20(17)26/h15-20,24,26H,5-14H2,1-4H3,(H,23,27)/t15-,16+,17?,18-,19+,20-,22-/m0/s1. The van der Waals surface area contributed by atoms with E-state index in [1.165, 1.54) is 19.1 Å². The van der Waals surface area contributed by atoms with Gasteiger partial charge in [-0.1, -0.05) is 20.8 Å². The van der Waals surface area contributed by atoms with Crippen molar-refractivity contribution in [2.45, 2.75) is 71.4 Å². The minimum absolute atomic E-state index is 0.00301. The van der Waals surface area contributed by atoms with Crippen molar-refractivity contribution in [3.8, 4) is 0 Å². The van der Waals surface area contributed by atoms with Gasteiger partial charge in [-0.2, -0.15) is 0 Å². The van der Waals surface area contributed by atoms with Gasteiger partial charge in [-0.05, 0) is 74.8 Å². The minimum Gasteiger partial charge on any atom is -0.392 e. The molecule has 1 saturated heterocycles. The fourth-order valence-corrected chi connectivity index (χ4v) is 7.32. The molecule has 3 fully saturated rings. The summed E-state index contributed by atoms with van der Waals surface area (Å²) in [5.41, 5.74) is -0.00301. The van der Waals surface area contributed by atoms with Crippen LogP contribution in [0.15, 0.2) is 0 Å². The third-order valence-corrected chi connectivity index (χ3v) is 8.97. The van der Waals surface area contributed by atoms with Gasteiger partial charge in [0, 0.05) is 25.0 Å². The van der Waals surface area contributed by atoms with Crippen LogP contribution in [0, 0.1) is 29.1 Å². The molecule has 0 radical (unpaired) electrons. The maximum absolute atomic E-state index is 12.8. The van der Waals surface area contributed by atoms with E-state index in [2.05, 4.69) is 28.8 Å². The minimum atomic E-state index is -3.29. The van der Waals surface area contributed by atoms with Crippen LogP contribution >= 0.6 is 0 Å². The van der Waals surface area contributed by atoms with E-state index in [1.807, 2.05) is 6.92 Å². The predicted molar refractivity (Wildman–Crippen MR) is 118 cm³/mol. The summed E-state index contributed by atoms with van der Waals surface area (Å²) in [4.78, 5) is 15.2. The second-order valence-electron chi connectivity index (χ2n) is 10.4. The quantitative estimate of drug-likeness (QED) is 0.555. The molecule has 0 aromatic rings. The summed E-state index contributed by atoms with van der Waals surface area (Å²) in [7, 11) is -3.29. The Kier molecular flexibility index (Phi) is 7.53. The number of likely N-dealkylation sites (tertiary alicyclic amines) is 1. The number of sulfonamides is 1. The molecule has 3 N–H and O–H groups in total. The number of aliphatic hydroxyl groups is 1. The number of hydrogen-bond acceptors (Lipinski definition) is 5. The molecule has 2 saturated carbocycles. The number of nitrogens with one attached hydrogen (secondary N) is 2. The maximum atomic E-state index is 12.8. The van der Waals surface area contributed by atoms with E-state index in [-0.39, 0.29) is 41.0 Å². The average Bonchev–Trinajstić information content (AvgIpc) is 3.16. The Labute approximate surface area is 182 Å². The van der Waals surface area contributed by atoms with Crippen LogP contribution in [-0.4, -0.2) is 68.9 Å². The third-order valence-electron chi connectivity index (χ3n) is 8.23. The molecule has 7 atom stereocenters. The smallest absolute Gasteiger partial charge is 0.223 e. The van der Waals surface area contributed by atoms with Crippen LogP contribution in [0.5, 0.6) is 0 Å². The fourth-order valence-electron chi connectivity index (χ4n) is 6.43. The molecule has 0 aromatic carbocycles. The summed E-state index contributed by atoms with van der Waals surface area (Å²) in [5.74, 6) is -0.296. The molecule has 3 rings (SSSR count). The summed E-state index contributed by atoms with van der Waals surface area (Å²) < 4.78 is 26.4. The molecule has 1 unspecified atom stereocenters. The largest absolute Gasteiger partial charge is 0.392 e. The number of fused-ring (bicyclic) bond motifs is 1. The molecule has 30 heavy (non-hydrogen) atoms. The van der Waals surface area contributed by atoms with Gasteiger partial charge in [0.1, 0.15) is 0 Å². The molecular weight excluding hydrogens is 402 g/mol. The zero-order chi connectivity index (χ0) is 22.1. The van der Waals surface area contributed by atoms with Crippen LogP contribution in [0.3, 0.4) is 0 Å². The van der Waals surface area contributed by atoms with E-state index < -0.39 is 16.1 Å². The van der Waals surface area contributed by atoms with Crippen LogP contribution in [0.2, 0.25) is 0 Å². The Morgan fingerprint density at radius 2 is 1.87 bits per heavy atom. The first-order valence-electron chi connectivity index (χ1n) is 11.7. The highest BCUT2D eigenvalue weighted by molar-refractivity contribution is 7.88. The van der Waals surface area contributed by atoms with Crippen molar-refractivity contribution in [3.05, 3.63) is 0 Å². The van der Waals surface area contributed by atoms with E-state index in [4.69, 9.17) is 0 Å². The van der Waals surface area contributed by atoms with Gasteiger partial charge in [-0.3, -0.25) is 4.79 Å². The number of nitrogens with zero attached hydrogens (tertiary/aromatic N) is 1. The van der Waals surface area contributed by atoms with E-state index >= 15 is 0 Å². The first-order chi connectivity index (χ1) is 14.0. The van der Waals surface area contributed by atoms with Gasteiger partial charge in [0.05, 0.1) is 12.4 Å². The van der Waals surface area contributed by atoms with Gasteiger partial charge >= 0.3 is 0 Å². The highest BCUT2D eigenvalue weighted by Crippen LogP contribution is 2.55. The summed E-state index contributed by atoms with van der Waals surface area (Å²) in [6.07, 6.45) is 6.59. The first kappa shape index (κ1) is 24.0. The number of carbonyl (C=O) groups excluding carboxylic acids is 1. The van der Waals surface area contributed by atoms with Crippen molar-refractivity contribution in [2.75, 3.05) is 32.4 Å². The second kappa shape index (κ2) is 9.43. The van der Waals surface area contributed by atoms with E-state index in [9.17, 15) is 18.3 Å². The first-order valence-corrected chi connectivity index (χ1v) is 13.6.